The minimum atomic E-state index is -5.74. The third-order valence-corrected chi connectivity index (χ3v) is 14.6. The maximum Gasteiger partial charge on any atom is 0.481 e. The molecule has 24 heteroatoms. The summed E-state index contributed by atoms with van der Waals surface area (Å²) in [5, 5.41) is 56.8. The average Bonchev–Trinajstić information content (AvgIpc) is 3.37. The Labute approximate surface area is 446 Å². The number of esters is 2. The fourth-order valence-corrected chi connectivity index (χ4v) is 9.98. The van der Waals surface area contributed by atoms with E-state index in [1.165, 1.54) is 37.5 Å². The van der Waals surface area contributed by atoms with Crippen LogP contribution in [0.2, 0.25) is 0 Å². The molecule has 3 unspecified atom stereocenters. The van der Waals surface area contributed by atoms with Crippen LogP contribution in [-0.4, -0.2) is 126 Å². The summed E-state index contributed by atoms with van der Waals surface area (Å²) >= 11 is 0. The topological polar surface area (TPSA) is 335 Å². The maximum atomic E-state index is 13.4. The fraction of sp³-hybridized carbons (Fsp3) is 0.654. The predicted molar refractivity (Wildman–Crippen MR) is 283 cm³/mol. The van der Waals surface area contributed by atoms with Crippen LogP contribution in [0.15, 0.2) is 90.0 Å². The number of aliphatic hydroxyl groups excluding tert-OH is 5. The third-order valence-electron chi connectivity index (χ3n) is 12.0. The quantitative estimate of drug-likeness (QED) is 0.0237. The zero-order chi connectivity index (χ0) is 55.8. The standard InChI is InChI=1S/C52H83N3O19P2/c1-3-5-7-8-9-10-11-12-13-14-15-16-17-18-19-20-25-29-46(58)68-36-40-37-69-75(64,65)74-76(66,67)70-38-44-50(62)49(61)43(32-31-39(56)27-23-6-4-2)72-48(60)35-42(57)41(28-24-21-22-26-30-47(59)71-40)51(73-44)55-34-33-45(53)54-52(55)63/h9-10,12-13,15-16,18-19,21,24,31-34,39-44,48-51,56-57,60-62H,3-8,11,14,17,20,22-23,25-30,35-38H2,1-2H3,(H,64,65)(H,66,67)(H2,53,54,63)/b10-9-,13-12-,16-15-,19-18-,24-21?,32-31+/t39-,40+,41-,42-,43+,44+,48?,49-,50+,51+/m0/s1. The highest BCUT2D eigenvalue weighted by molar-refractivity contribution is 7.61. The second kappa shape index (κ2) is 37.0. The largest absolute Gasteiger partial charge is 0.481 e. The lowest BCUT2D eigenvalue weighted by atomic mass is 9.92. The highest BCUT2D eigenvalue weighted by Gasteiger charge is 2.44. The van der Waals surface area contributed by atoms with Crippen molar-refractivity contribution in [2.45, 2.75) is 191 Å². The third kappa shape index (κ3) is 27.6. The minimum absolute atomic E-state index is 0.00555. The smallest absolute Gasteiger partial charge is 0.462 e. The summed E-state index contributed by atoms with van der Waals surface area (Å²) in [6.07, 6.45) is 18.5. The number of aliphatic hydroxyl groups is 5. The van der Waals surface area contributed by atoms with Gasteiger partial charge in [-0.3, -0.25) is 23.2 Å². The zero-order valence-electron chi connectivity index (χ0n) is 43.8. The number of nitrogens with two attached hydrogens (primary N) is 1. The van der Waals surface area contributed by atoms with E-state index in [4.69, 9.17) is 33.7 Å². The molecule has 22 nitrogen and oxygen atoms in total. The van der Waals surface area contributed by atoms with Crippen LogP contribution in [0, 0.1) is 5.92 Å². The summed E-state index contributed by atoms with van der Waals surface area (Å²) in [5.74, 6) is -2.93. The summed E-state index contributed by atoms with van der Waals surface area (Å²) in [4.78, 5) is 64.2. The Balaban J connectivity index is 1.79. The molecule has 1 aromatic rings. The van der Waals surface area contributed by atoms with Crippen LogP contribution in [0.1, 0.15) is 142 Å². The van der Waals surface area contributed by atoms with E-state index in [0.29, 0.717) is 25.7 Å². The summed E-state index contributed by atoms with van der Waals surface area (Å²) in [6.45, 7) is 1.35. The average molecular weight is 1120 g/mol. The number of unbranched alkanes of at least 4 members (excludes halogenated alkanes) is 6. The lowest BCUT2D eigenvalue weighted by Crippen LogP contribution is -2.49. The highest BCUT2D eigenvalue weighted by Crippen LogP contribution is 2.60. The van der Waals surface area contributed by atoms with Crippen LogP contribution >= 0.6 is 15.6 Å². The molecule has 2 aliphatic heterocycles. The first-order valence-corrected chi connectivity index (χ1v) is 29.3. The Morgan fingerprint density at radius 3 is 2.14 bits per heavy atom. The number of phosphoric ester groups is 2. The number of ether oxygens (including phenoxy) is 4. The molecule has 1 saturated heterocycles. The number of rotatable bonds is 23. The van der Waals surface area contributed by atoms with Crippen LogP contribution in [0.4, 0.5) is 5.82 Å². The van der Waals surface area contributed by atoms with Gasteiger partial charge in [-0.2, -0.15) is 9.29 Å². The number of carbonyl (C=O) groups is 2. The molecule has 430 valence electrons. The van der Waals surface area contributed by atoms with E-state index >= 15 is 0 Å². The van der Waals surface area contributed by atoms with Gasteiger partial charge in [0.25, 0.3) is 0 Å². The molecule has 0 saturated carbocycles. The van der Waals surface area contributed by atoms with E-state index in [-0.39, 0.29) is 37.9 Å². The van der Waals surface area contributed by atoms with Gasteiger partial charge in [0, 0.05) is 31.4 Å². The maximum absolute atomic E-state index is 13.4. The van der Waals surface area contributed by atoms with Crippen molar-refractivity contribution >= 4 is 33.4 Å². The van der Waals surface area contributed by atoms with E-state index < -0.39 is 121 Å². The van der Waals surface area contributed by atoms with Gasteiger partial charge in [-0.05, 0) is 76.7 Å². The number of nitrogen functional groups attached to an aromatic ring is 1. The number of carbonyl (C=O) groups excluding carboxylic acids is 2. The Hall–Kier alpha value is -3.96. The summed E-state index contributed by atoms with van der Waals surface area (Å²) < 4.78 is 64.6. The van der Waals surface area contributed by atoms with Gasteiger partial charge in [0.2, 0.25) is 0 Å². The molecule has 2 aliphatic rings. The van der Waals surface area contributed by atoms with E-state index in [1.807, 2.05) is 19.1 Å². The molecular weight excluding hydrogens is 1030 g/mol. The normalized spacial score (nSPS) is 29.8. The SMILES string of the molecule is CCCCC/C=C\C/C=C\C/C=C\C/C=C\CCCC(=O)OC[C@@H]1COP(=O)(O)OP(=O)(O)OC[C@H]2O[C@@H](n3ccc(N)nc3=O)[C@@H](CC=CCCCC(=O)O1)[C@@H](O)CC(O)O[C@H](/C=C/[C@@H](O)CCCCC)[C@H](O)[C@@H]2O. The number of fused-ring (bicyclic) bond motifs is 3. The van der Waals surface area contributed by atoms with Crippen molar-refractivity contribution in [3.63, 3.8) is 0 Å². The van der Waals surface area contributed by atoms with Crippen LogP contribution in [-0.2, 0) is 51.0 Å². The molecule has 0 amide bonds. The molecule has 1 fully saturated rings. The molecule has 0 spiro atoms. The number of allylic oxidation sites excluding steroid dienone is 10. The Bertz CT molecular complexity index is 2190. The van der Waals surface area contributed by atoms with Gasteiger partial charge in [-0.15, -0.1) is 0 Å². The molecule has 2 bridgehead atoms. The van der Waals surface area contributed by atoms with E-state index in [0.717, 1.165) is 49.3 Å². The van der Waals surface area contributed by atoms with Crippen molar-refractivity contribution in [1.29, 1.82) is 0 Å². The molecule has 0 aliphatic carbocycles. The molecule has 3 rings (SSSR count). The number of hydrogen-bond acceptors (Lipinski definition) is 19. The van der Waals surface area contributed by atoms with Crippen LogP contribution < -0.4 is 11.4 Å². The number of anilines is 1. The van der Waals surface area contributed by atoms with E-state index in [9.17, 15) is 58.8 Å². The van der Waals surface area contributed by atoms with Gasteiger partial charge in [-0.25, -0.2) is 13.9 Å². The van der Waals surface area contributed by atoms with Crippen molar-refractivity contribution < 1.29 is 86.3 Å². The monoisotopic (exact) mass is 1120 g/mol. The number of aromatic nitrogens is 2. The Kier molecular flexibility index (Phi) is 32.3. The summed E-state index contributed by atoms with van der Waals surface area (Å²) in [5.41, 5.74) is 4.75. The first kappa shape index (κ1) is 66.3. The van der Waals surface area contributed by atoms with Gasteiger partial charge < -0.3 is 60.0 Å². The molecule has 3 heterocycles. The van der Waals surface area contributed by atoms with Gasteiger partial charge in [-0.1, -0.05) is 119 Å². The van der Waals surface area contributed by atoms with E-state index in [1.54, 1.807) is 12.2 Å². The molecular formula is C52H83N3O19P2. The lowest BCUT2D eigenvalue weighted by Gasteiger charge is -2.36. The van der Waals surface area contributed by atoms with Gasteiger partial charge >= 0.3 is 33.3 Å². The van der Waals surface area contributed by atoms with Crippen molar-refractivity contribution in [2.75, 3.05) is 25.6 Å². The number of phosphoric acid groups is 2. The first-order valence-electron chi connectivity index (χ1n) is 26.3. The second-order valence-corrected chi connectivity index (χ2v) is 21.6. The van der Waals surface area contributed by atoms with Crippen molar-refractivity contribution in [3.05, 3.63) is 95.7 Å². The Morgan fingerprint density at radius 1 is 0.855 bits per heavy atom. The van der Waals surface area contributed by atoms with Crippen LogP contribution in [0.3, 0.4) is 0 Å². The molecule has 0 radical (unpaired) electrons. The van der Waals surface area contributed by atoms with E-state index in [2.05, 4.69) is 52.7 Å². The number of hydrogen-bond donors (Lipinski definition) is 8. The van der Waals surface area contributed by atoms with Crippen molar-refractivity contribution in [2.24, 2.45) is 5.92 Å². The van der Waals surface area contributed by atoms with Crippen molar-refractivity contribution in [1.82, 2.24) is 9.55 Å². The highest BCUT2D eigenvalue weighted by atomic mass is 31.3. The van der Waals surface area contributed by atoms with Crippen LogP contribution in [0.5, 0.6) is 0 Å². The molecule has 9 N–H and O–H groups in total. The zero-order valence-corrected chi connectivity index (χ0v) is 45.6. The summed E-state index contributed by atoms with van der Waals surface area (Å²) in [7, 11) is -11.4. The number of nitrogens with zero attached hydrogens (tertiary/aromatic N) is 2. The predicted octanol–water partition coefficient (Wildman–Crippen LogP) is 6.99. The summed E-state index contributed by atoms with van der Waals surface area (Å²) in [6, 6.07) is 1.22. The Morgan fingerprint density at radius 2 is 1.49 bits per heavy atom. The fourth-order valence-electron chi connectivity index (χ4n) is 7.87. The van der Waals surface area contributed by atoms with Gasteiger partial charge in [0.1, 0.15) is 43.1 Å². The molecule has 12 atom stereocenters. The number of cyclic esters (lactones) is 1. The lowest BCUT2D eigenvalue weighted by molar-refractivity contribution is -0.192. The van der Waals surface area contributed by atoms with Gasteiger partial charge in [0.05, 0.1) is 25.4 Å². The molecule has 0 aromatic carbocycles. The molecule has 1 aromatic heterocycles. The molecule has 76 heavy (non-hydrogen) atoms. The second-order valence-electron chi connectivity index (χ2n) is 18.5. The van der Waals surface area contributed by atoms with Crippen molar-refractivity contribution in [3.8, 4) is 0 Å². The first-order chi connectivity index (χ1) is 36.3. The van der Waals surface area contributed by atoms with Gasteiger partial charge in [0.15, 0.2) is 12.4 Å². The van der Waals surface area contributed by atoms with Crippen LogP contribution in [0.25, 0.3) is 0 Å². The minimum Gasteiger partial charge on any atom is -0.462 e.